The highest BCUT2D eigenvalue weighted by Crippen LogP contribution is 2.30. The van der Waals surface area contributed by atoms with Crippen LogP contribution in [0.3, 0.4) is 0 Å². The third-order valence-electron chi connectivity index (χ3n) is 5.02. The summed E-state index contributed by atoms with van der Waals surface area (Å²) in [5.74, 6) is -1.09. The summed E-state index contributed by atoms with van der Waals surface area (Å²) in [7, 11) is 0. The van der Waals surface area contributed by atoms with Gasteiger partial charge in [0, 0.05) is 22.4 Å². The van der Waals surface area contributed by atoms with E-state index >= 15 is 0 Å². The molecule has 0 aromatic heterocycles. The monoisotopic (exact) mass is 399 g/mol. The number of hydrogen-bond donors (Lipinski definition) is 2. The number of benzene rings is 3. The number of azide groups is 1. The van der Waals surface area contributed by atoms with Gasteiger partial charge in [-0.2, -0.15) is 0 Å². The SMILES string of the molecule is [N-]=[N+]=NCC(=O)NCc1ccc(Cc2ccc3cccc4c3c2C(=O)NC4=O)cc1. The summed E-state index contributed by atoms with van der Waals surface area (Å²) >= 11 is 0. The number of nitrogens with one attached hydrogen (secondary N) is 2. The number of amides is 3. The van der Waals surface area contributed by atoms with E-state index in [2.05, 4.69) is 20.7 Å². The van der Waals surface area contributed by atoms with Crippen LogP contribution in [0.1, 0.15) is 37.4 Å². The molecule has 3 aromatic rings. The summed E-state index contributed by atoms with van der Waals surface area (Å²) in [4.78, 5) is 38.8. The first-order chi connectivity index (χ1) is 14.6. The van der Waals surface area contributed by atoms with Gasteiger partial charge in [-0.3, -0.25) is 19.7 Å². The highest BCUT2D eigenvalue weighted by molar-refractivity contribution is 6.26. The Morgan fingerprint density at radius 3 is 2.53 bits per heavy atom. The van der Waals surface area contributed by atoms with Gasteiger partial charge in [-0.25, -0.2) is 0 Å². The van der Waals surface area contributed by atoms with E-state index < -0.39 is 0 Å². The van der Waals surface area contributed by atoms with Crippen LogP contribution in [0.25, 0.3) is 21.2 Å². The van der Waals surface area contributed by atoms with Crippen molar-refractivity contribution in [2.24, 2.45) is 5.11 Å². The molecule has 1 heterocycles. The molecule has 4 rings (SSSR count). The maximum absolute atomic E-state index is 12.6. The topological polar surface area (TPSA) is 124 Å². The fraction of sp³-hybridized carbons (Fsp3) is 0.136. The lowest BCUT2D eigenvalue weighted by atomic mass is 9.89. The summed E-state index contributed by atoms with van der Waals surface area (Å²) in [6.45, 7) is 0.0983. The smallest absolute Gasteiger partial charge is 0.259 e. The molecular weight excluding hydrogens is 382 g/mol. The van der Waals surface area contributed by atoms with Crippen LogP contribution in [0.5, 0.6) is 0 Å². The number of nitrogens with zero attached hydrogens (tertiary/aromatic N) is 3. The Morgan fingerprint density at radius 2 is 1.77 bits per heavy atom. The quantitative estimate of drug-likeness (QED) is 0.286. The van der Waals surface area contributed by atoms with Crippen LogP contribution in [0.4, 0.5) is 0 Å². The van der Waals surface area contributed by atoms with Gasteiger partial charge in [-0.1, -0.05) is 53.6 Å². The van der Waals surface area contributed by atoms with Crippen LogP contribution in [-0.2, 0) is 17.8 Å². The average molecular weight is 399 g/mol. The summed E-state index contributed by atoms with van der Waals surface area (Å²) in [6.07, 6.45) is 0.532. The first-order valence-corrected chi connectivity index (χ1v) is 9.32. The molecule has 1 aliphatic heterocycles. The molecule has 3 amide bonds. The van der Waals surface area contributed by atoms with Crippen LogP contribution < -0.4 is 10.6 Å². The van der Waals surface area contributed by atoms with Crippen LogP contribution in [-0.4, -0.2) is 24.3 Å². The van der Waals surface area contributed by atoms with Gasteiger partial charge in [0.1, 0.15) is 6.54 Å². The van der Waals surface area contributed by atoms with E-state index in [-0.39, 0.29) is 24.3 Å². The molecule has 8 heteroatoms. The first-order valence-electron chi connectivity index (χ1n) is 9.32. The van der Waals surface area contributed by atoms with Crippen molar-refractivity contribution in [2.75, 3.05) is 6.54 Å². The van der Waals surface area contributed by atoms with Gasteiger partial charge >= 0.3 is 0 Å². The molecule has 1 aliphatic rings. The maximum Gasteiger partial charge on any atom is 0.259 e. The van der Waals surface area contributed by atoms with Crippen molar-refractivity contribution in [3.05, 3.63) is 92.9 Å². The zero-order valence-corrected chi connectivity index (χ0v) is 15.9. The zero-order chi connectivity index (χ0) is 21.1. The molecule has 0 spiro atoms. The van der Waals surface area contributed by atoms with Crippen molar-refractivity contribution >= 4 is 28.5 Å². The van der Waals surface area contributed by atoms with Crippen molar-refractivity contribution in [3.63, 3.8) is 0 Å². The van der Waals surface area contributed by atoms with E-state index in [1.54, 1.807) is 12.1 Å². The molecule has 0 saturated carbocycles. The van der Waals surface area contributed by atoms with E-state index in [9.17, 15) is 14.4 Å². The fourth-order valence-corrected chi connectivity index (χ4v) is 3.60. The van der Waals surface area contributed by atoms with E-state index in [4.69, 9.17) is 5.53 Å². The maximum atomic E-state index is 12.6. The van der Waals surface area contributed by atoms with Crippen LogP contribution in [0.15, 0.2) is 59.7 Å². The Hall–Kier alpha value is -4.16. The van der Waals surface area contributed by atoms with E-state index in [0.29, 0.717) is 29.5 Å². The van der Waals surface area contributed by atoms with Crippen LogP contribution >= 0.6 is 0 Å². The molecule has 0 unspecified atom stereocenters. The second-order valence-corrected chi connectivity index (χ2v) is 6.95. The van der Waals surface area contributed by atoms with Crippen molar-refractivity contribution in [1.29, 1.82) is 0 Å². The van der Waals surface area contributed by atoms with Gasteiger partial charge in [0.15, 0.2) is 0 Å². The number of carbonyl (C=O) groups is 3. The third-order valence-corrected chi connectivity index (χ3v) is 5.02. The lowest BCUT2D eigenvalue weighted by molar-refractivity contribution is -0.119. The zero-order valence-electron chi connectivity index (χ0n) is 15.9. The van der Waals surface area contributed by atoms with Gasteiger partial charge < -0.3 is 5.32 Å². The van der Waals surface area contributed by atoms with Gasteiger partial charge in [-0.15, -0.1) is 0 Å². The molecular formula is C22H17N5O3. The predicted molar refractivity (Wildman–Crippen MR) is 111 cm³/mol. The van der Waals surface area contributed by atoms with E-state index in [1.165, 1.54) is 0 Å². The average Bonchev–Trinajstić information content (AvgIpc) is 2.75. The summed E-state index contributed by atoms with van der Waals surface area (Å²) < 4.78 is 0. The van der Waals surface area contributed by atoms with E-state index in [0.717, 1.165) is 22.1 Å². The molecule has 0 atom stereocenters. The van der Waals surface area contributed by atoms with Gasteiger partial charge in [0.2, 0.25) is 5.91 Å². The van der Waals surface area contributed by atoms with Gasteiger partial charge in [-0.05, 0) is 40.1 Å². The molecule has 3 aromatic carbocycles. The van der Waals surface area contributed by atoms with E-state index in [1.807, 2.05) is 42.5 Å². The fourth-order valence-electron chi connectivity index (χ4n) is 3.60. The molecule has 30 heavy (non-hydrogen) atoms. The minimum Gasteiger partial charge on any atom is -0.352 e. The highest BCUT2D eigenvalue weighted by atomic mass is 16.2. The lowest BCUT2D eigenvalue weighted by Crippen LogP contribution is -2.35. The summed E-state index contributed by atoms with van der Waals surface area (Å²) in [5, 5.41) is 9.88. The third kappa shape index (κ3) is 3.72. The molecule has 0 bridgehead atoms. The summed E-state index contributed by atoms with van der Waals surface area (Å²) in [5.41, 5.74) is 12.0. The minimum atomic E-state index is -0.376. The lowest BCUT2D eigenvalue weighted by Gasteiger charge is -2.19. The normalized spacial score (nSPS) is 12.3. The second-order valence-electron chi connectivity index (χ2n) is 6.95. The largest absolute Gasteiger partial charge is 0.352 e. The molecule has 8 nitrogen and oxygen atoms in total. The Morgan fingerprint density at radius 1 is 1.00 bits per heavy atom. The molecule has 2 N–H and O–H groups in total. The number of carbonyl (C=O) groups excluding carboxylic acids is 3. The highest BCUT2D eigenvalue weighted by Gasteiger charge is 2.27. The molecule has 0 saturated heterocycles. The molecule has 0 fully saturated rings. The second kappa shape index (κ2) is 8.06. The van der Waals surface area contributed by atoms with Crippen LogP contribution in [0, 0.1) is 0 Å². The minimum absolute atomic E-state index is 0.230. The van der Waals surface area contributed by atoms with Crippen molar-refractivity contribution < 1.29 is 14.4 Å². The standard InChI is InChI=1S/C22H17N5O3/c23-27-25-12-18(28)24-11-14-6-4-13(5-7-14)10-16-9-8-15-2-1-3-17-19(15)20(16)22(30)26-21(17)29/h1-9H,10-12H2,(H,24,28)(H,26,29,30). The first kappa shape index (κ1) is 19.2. The van der Waals surface area contributed by atoms with Gasteiger partial charge in [0.05, 0.1) is 5.56 Å². The van der Waals surface area contributed by atoms with Crippen molar-refractivity contribution in [1.82, 2.24) is 10.6 Å². The predicted octanol–water partition coefficient (Wildman–Crippen LogP) is 3.24. The van der Waals surface area contributed by atoms with Crippen molar-refractivity contribution in [2.45, 2.75) is 13.0 Å². The molecule has 0 radical (unpaired) electrons. The Kier molecular flexibility index (Phi) is 5.15. The Labute approximate surface area is 171 Å². The number of imide groups is 1. The summed E-state index contributed by atoms with van der Waals surface area (Å²) in [6, 6.07) is 16.9. The van der Waals surface area contributed by atoms with Crippen molar-refractivity contribution in [3.8, 4) is 0 Å². The Balaban J connectivity index is 1.56. The Bertz CT molecular complexity index is 1230. The number of rotatable bonds is 6. The van der Waals surface area contributed by atoms with Crippen LogP contribution in [0.2, 0.25) is 0 Å². The molecule has 148 valence electrons. The molecule has 0 aliphatic carbocycles. The number of hydrogen-bond acceptors (Lipinski definition) is 4. The van der Waals surface area contributed by atoms with Gasteiger partial charge in [0.25, 0.3) is 11.8 Å².